The smallest absolute Gasteiger partial charge is 0.232 e. The molecule has 2 saturated carbocycles. The number of anilines is 1. The van der Waals surface area contributed by atoms with Crippen LogP contribution in [-0.2, 0) is 14.8 Å². The molecule has 2 aliphatic rings. The van der Waals surface area contributed by atoms with Crippen molar-refractivity contribution in [3.63, 3.8) is 0 Å². The Morgan fingerprint density at radius 1 is 1.20 bits per heavy atom. The third-order valence-corrected chi connectivity index (χ3v) is 6.77. The van der Waals surface area contributed by atoms with Crippen LogP contribution in [0.15, 0.2) is 24.3 Å². The van der Waals surface area contributed by atoms with Crippen molar-refractivity contribution in [1.82, 2.24) is 5.32 Å². The van der Waals surface area contributed by atoms with Crippen molar-refractivity contribution in [2.75, 3.05) is 17.1 Å². The van der Waals surface area contributed by atoms with Gasteiger partial charge in [-0.2, -0.15) is 0 Å². The number of nitrogens with zero attached hydrogens (tertiary/aromatic N) is 1. The maximum atomic E-state index is 12.2. The molecule has 3 rings (SSSR count). The number of nitrogens with one attached hydrogen (secondary N) is 1. The van der Waals surface area contributed by atoms with Gasteiger partial charge in [0.25, 0.3) is 0 Å². The average molecular weight is 365 g/mol. The molecule has 0 heterocycles. The molecule has 2 fully saturated rings. The molecule has 3 atom stereocenters. The maximum absolute atomic E-state index is 12.2. The number of fused-ring (bicyclic) bond motifs is 2. The van der Waals surface area contributed by atoms with Gasteiger partial charge in [0.15, 0.2) is 0 Å². The molecule has 0 spiro atoms. The first-order valence-corrected chi connectivity index (χ1v) is 11.0. The van der Waals surface area contributed by atoms with Crippen LogP contribution in [0.3, 0.4) is 0 Å². The van der Waals surface area contributed by atoms with E-state index < -0.39 is 10.0 Å². The molecular weight excluding hydrogens is 336 g/mol. The number of rotatable bonds is 7. The first kappa shape index (κ1) is 18.2. The van der Waals surface area contributed by atoms with Gasteiger partial charge in [-0.1, -0.05) is 24.1 Å². The lowest BCUT2D eigenvalue weighted by molar-refractivity contribution is -0.122. The molecule has 1 amide bonds. The van der Waals surface area contributed by atoms with Crippen LogP contribution in [0.4, 0.5) is 5.69 Å². The summed E-state index contributed by atoms with van der Waals surface area (Å²) in [5.74, 6) is 1.52. The molecule has 0 saturated heterocycles. The third kappa shape index (κ3) is 4.54. The summed E-state index contributed by atoms with van der Waals surface area (Å²) in [6.45, 7) is 2.29. The molecule has 138 valence electrons. The first-order valence-electron chi connectivity index (χ1n) is 9.16. The minimum absolute atomic E-state index is 0.0508. The van der Waals surface area contributed by atoms with E-state index in [1.165, 1.54) is 29.8 Å². The number of carbonyl (C=O) groups is 1. The molecule has 25 heavy (non-hydrogen) atoms. The molecule has 0 unspecified atom stereocenters. The van der Waals surface area contributed by atoms with Gasteiger partial charge in [0.05, 0.1) is 11.9 Å². The summed E-state index contributed by atoms with van der Waals surface area (Å²) in [7, 11) is -3.36. The lowest BCUT2D eigenvalue weighted by Crippen LogP contribution is -2.39. The largest absolute Gasteiger partial charge is 0.353 e. The summed E-state index contributed by atoms with van der Waals surface area (Å²) in [6.07, 6.45) is 7.04. The van der Waals surface area contributed by atoms with Gasteiger partial charge in [0.2, 0.25) is 15.9 Å². The highest BCUT2D eigenvalue weighted by Gasteiger charge is 2.39. The number of aryl methyl sites for hydroxylation is 1. The van der Waals surface area contributed by atoms with Gasteiger partial charge in [0, 0.05) is 19.0 Å². The van der Waals surface area contributed by atoms with Crippen LogP contribution in [0.2, 0.25) is 0 Å². The molecule has 2 bridgehead atoms. The van der Waals surface area contributed by atoms with Crippen molar-refractivity contribution in [3.05, 3.63) is 29.8 Å². The molecule has 0 aromatic heterocycles. The zero-order valence-corrected chi connectivity index (χ0v) is 15.9. The topological polar surface area (TPSA) is 66.5 Å². The normalized spacial score (nSPS) is 25.1. The van der Waals surface area contributed by atoms with Gasteiger partial charge in [-0.15, -0.1) is 0 Å². The highest BCUT2D eigenvalue weighted by atomic mass is 32.2. The number of amides is 1. The summed E-state index contributed by atoms with van der Waals surface area (Å²) in [5.41, 5.74) is 1.74. The highest BCUT2D eigenvalue weighted by molar-refractivity contribution is 7.92. The van der Waals surface area contributed by atoms with Crippen molar-refractivity contribution in [2.24, 2.45) is 11.8 Å². The Morgan fingerprint density at radius 3 is 2.48 bits per heavy atom. The van der Waals surface area contributed by atoms with E-state index >= 15 is 0 Å². The molecule has 1 aromatic carbocycles. The Morgan fingerprint density at radius 2 is 1.92 bits per heavy atom. The molecule has 1 N–H and O–H groups in total. The van der Waals surface area contributed by atoms with E-state index in [0.29, 0.717) is 37.0 Å². The predicted octanol–water partition coefficient (Wildman–Crippen LogP) is 2.85. The van der Waals surface area contributed by atoms with Crippen molar-refractivity contribution in [3.8, 4) is 0 Å². The lowest BCUT2D eigenvalue weighted by atomic mass is 9.95. The number of hydrogen-bond donors (Lipinski definition) is 1. The van der Waals surface area contributed by atoms with E-state index in [4.69, 9.17) is 0 Å². The maximum Gasteiger partial charge on any atom is 0.232 e. The number of carbonyl (C=O) groups excluding carboxylic acids is 1. The minimum atomic E-state index is -3.36. The average Bonchev–Trinajstić information content (AvgIpc) is 3.14. The second-order valence-corrected chi connectivity index (χ2v) is 9.53. The quantitative estimate of drug-likeness (QED) is 0.809. The summed E-state index contributed by atoms with van der Waals surface area (Å²) >= 11 is 0. The molecule has 0 radical (unpaired) electrons. The fourth-order valence-corrected chi connectivity index (χ4v) is 5.25. The van der Waals surface area contributed by atoms with Crippen LogP contribution in [0, 0.1) is 18.8 Å². The summed E-state index contributed by atoms with van der Waals surface area (Å²) in [4.78, 5) is 12.2. The van der Waals surface area contributed by atoms with Crippen molar-refractivity contribution < 1.29 is 13.2 Å². The van der Waals surface area contributed by atoms with E-state index in [-0.39, 0.29) is 5.91 Å². The molecule has 6 heteroatoms. The lowest BCUT2D eigenvalue weighted by Gasteiger charge is -2.24. The Labute approximate surface area is 150 Å². The number of hydrogen-bond acceptors (Lipinski definition) is 3. The van der Waals surface area contributed by atoms with Crippen LogP contribution < -0.4 is 9.62 Å². The van der Waals surface area contributed by atoms with Gasteiger partial charge in [-0.25, -0.2) is 8.42 Å². The van der Waals surface area contributed by atoms with Crippen molar-refractivity contribution in [2.45, 2.75) is 51.5 Å². The van der Waals surface area contributed by atoms with Gasteiger partial charge in [-0.05, 0) is 56.6 Å². The summed E-state index contributed by atoms with van der Waals surface area (Å²) in [5, 5.41) is 3.16. The van der Waals surface area contributed by atoms with E-state index in [0.717, 1.165) is 17.9 Å². The number of benzene rings is 1. The van der Waals surface area contributed by atoms with Crippen LogP contribution >= 0.6 is 0 Å². The third-order valence-electron chi connectivity index (χ3n) is 5.57. The van der Waals surface area contributed by atoms with Crippen LogP contribution in [-0.4, -0.2) is 33.2 Å². The second kappa shape index (κ2) is 7.36. The molecule has 0 aliphatic heterocycles. The summed E-state index contributed by atoms with van der Waals surface area (Å²) < 4.78 is 25.6. The second-order valence-electron chi connectivity index (χ2n) is 7.62. The Balaban J connectivity index is 1.51. The first-order chi connectivity index (χ1) is 11.8. The highest BCUT2D eigenvalue weighted by Crippen LogP contribution is 2.44. The standard InChI is InChI=1S/C19H28N2O3S/c1-14-5-9-17(10-6-14)21(25(2,23)24)11-3-4-19(22)20-18-13-15-7-8-16(18)12-15/h5-6,9-10,15-16,18H,3-4,7-8,11-13H2,1-2H3,(H,20,22)/t15-,16-,18-/m0/s1. The summed E-state index contributed by atoms with van der Waals surface area (Å²) in [6, 6.07) is 7.76. The van der Waals surface area contributed by atoms with E-state index in [2.05, 4.69) is 5.32 Å². The molecule has 1 aromatic rings. The van der Waals surface area contributed by atoms with Crippen LogP contribution in [0.5, 0.6) is 0 Å². The zero-order valence-electron chi connectivity index (χ0n) is 15.1. The predicted molar refractivity (Wildman–Crippen MR) is 100.0 cm³/mol. The van der Waals surface area contributed by atoms with E-state index in [1.54, 1.807) is 0 Å². The fourth-order valence-electron chi connectivity index (χ4n) is 4.28. The SMILES string of the molecule is Cc1ccc(N(CCCC(=O)N[C@H]2C[C@H]3CC[C@H]2C3)S(C)(=O)=O)cc1. The van der Waals surface area contributed by atoms with Gasteiger partial charge >= 0.3 is 0 Å². The van der Waals surface area contributed by atoms with Gasteiger partial charge < -0.3 is 5.32 Å². The van der Waals surface area contributed by atoms with Crippen molar-refractivity contribution >= 4 is 21.6 Å². The molecule has 5 nitrogen and oxygen atoms in total. The van der Waals surface area contributed by atoms with E-state index in [9.17, 15) is 13.2 Å². The van der Waals surface area contributed by atoms with Crippen LogP contribution in [0.25, 0.3) is 0 Å². The Hall–Kier alpha value is -1.56. The molecule has 2 aliphatic carbocycles. The monoisotopic (exact) mass is 364 g/mol. The van der Waals surface area contributed by atoms with Crippen LogP contribution in [0.1, 0.15) is 44.1 Å². The zero-order chi connectivity index (χ0) is 18.0. The Kier molecular flexibility index (Phi) is 5.37. The van der Waals surface area contributed by atoms with Gasteiger partial charge in [0.1, 0.15) is 0 Å². The Bertz CT molecular complexity index is 715. The van der Waals surface area contributed by atoms with Gasteiger partial charge in [-0.3, -0.25) is 9.10 Å². The number of sulfonamides is 1. The fraction of sp³-hybridized carbons (Fsp3) is 0.632. The van der Waals surface area contributed by atoms with E-state index in [1.807, 2.05) is 31.2 Å². The minimum Gasteiger partial charge on any atom is -0.353 e. The molecular formula is C19H28N2O3S. The van der Waals surface area contributed by atoms with Crippen molar-refractivity contribution in [1.29, 1.82) is 0 Å².